The summed E-state index contributed by atoms with van der Waals surface area (Å²) in [5, 5.41) is 1.66. The quantitative estimate of drug-likeness (QED) is 0.916. The Kier molecular flexibility index (Phi) is 3.79. The Morgan fingerprint density at radius 1 is 1.37 bits per heavy atom. The summed E-state index contributed by atoms with van der Waals surface area (Å²) in [6, 6.07) is 2.67. The Morgan fingerprint density at radius 2 is 2.11 bits per heavy atom. The number of carbonyl (C=O) groups excluding carboxylic acids is 3. The molecule has 0 radical (unpaired) electrons. The van der Waals surface area contributed by atoms with E-state index in [1.807, 2.05) is 0 Å². The van der Waals surface area contributed by atoms with Crippen LogP contribution >= 0.6 is 11.8 Å². The molecule has 1 N–H and O–H groups in total. The zero-order valence-electron chi connectivity index (χ0n) is 9.48. The fourth-order valence-corrected chi connectivity index (χ4v) is 2.18. The lowest BCUT2D eigenvalue weighted by Gasteiger charge is -2.12. The number of hydrogen-bond acceptors (Lipinski definition) is 4. The van der Waals surface area contributed by atoms with Crippen LogP contribution in [0.15, 0.2) is 18.2 Å². The van der Waals surface area contributed by atoms with Crippen LogP contribution in [-0.2, 0) is 9.59 Å². The van der Waals surface area contributed by atoms with Crippen LogP contribution in [0.1, 0.15) is 0 Å². The van der Waals surface area contributed by atoms with Crippen molar-refractivity contribution in [3.63, 3.8) is 0 Å². The maximum atomic E-state index is 13.3. The van der Waals surface area contributed by atoms with Crippen molar-refractivity contribution in [3.05, 3.63) is 29.8 Å². The lowest BCUT2D eigenvalue weighted by atomic mass is 10.3. The minimum absolute atomic E-state index is 0.00295. The Balaban J connectivity index is 2.01. The number of carbonyl (C=O) groups is 3. The molecule has 1 aromatic carbocycles. The summed E-state index contributed by atoms with van der Waals surface area (Å²) in [5.41, 5.74) is -0.210. The Morgan fingerprint density at radius 3 is 2.68 bits per heavy atom. The summed E-state index contributed by atoms with van der Waals surface area (Å²) in [4.78, 5) is 34.9. The molecule has 8 heteroatoms. The number of anilines is 1. The van der Waals surface area contributed by atoms with Crippen LogP contribution in [0, 0.1) is 11.6 Å². The van der Waals surface area contributed by atoms with Crippen LogP contribution in [-0.4, -0.2) is 34.3 Å². The standard InChI is InChI=1S/C11H8F2N2O3S/c12-6-1-2-8(7(13)3-6)14-9(16)4-15-10(17)5-19-11(15)18/h1-3H,4-5H2,(H,14,16). The number of thioether (sulfide) groups is 1. The third kappa shape index (κ3) is 3.08. The third-order valence-corrected chi connectivity index (χ3v) is 3.21. The molecule has 3 amide bonds. The highest BCUT2D eigenvalue weighted by atomic mass is 32.2. The number of rotatable bonds is 3. The topological polar surface area (TPSA) is 66.5 Å². The predicted octanol–water partition coefficient (Wildman–Crippen LogP) is 1.60. The summed E-state index contributed by atoms with van der Waals surface area (Å²) >= 11 is 0.801. The van der Waals surface area contributed by atoms with Crippen LogP contribution in [0.2, 0.25) is 0 Å². The van der Waals surface area contributed by atoms with Crippen molar-refractivity contribution in [3.8, 4) is 0 Å². The average Bonchev–Trinajstić information content (AvgIpc) is 2.65. The molecule has 1 heterocycles. The van der Waals surface area contributed by atoms with Crippen LogP contribution in [0.5, 0.6) is 0 Å². The monoisotopic (exact) mass is 286 g/mol. The zero-order valence-corrected chi connectivity index (χ0v) is 10.3. The SMILES string of the molecule is O=C(CN1C(=O)CSC1=O)Nc1ccc(F)cc1F. The first kappa shape index (κ1) is 13.5. The number of benzene rings is 1. The molecule has 0 unspecified atom stereocenters. The minimum Gasteiger partial charge on any atom is -0.322 e. The molecule has 1 aromatic rings. The number of nitrogens with zero attached hydrogens (tertiary/aromatic N) is 1. The summed E-state index contributed by atoms with van der Waals surface area (Å²) in [7, 11) is 0. The van der Waals surface area contributed by atoms with Gasteiger partial charge in [0.2, 0.25) is 11.8 Å². The summed E-state index contributed by atoms with van der Waals surface area (Å²) in [5.74, 6) is -2.89. The smallest absolute Gasteiger partial charge is 0.289 e. The molecule has 100 valence electrons. The van der Waals surface area contributed by atoms with Gasteiger partial charge < -0.3 is 5.32 Å². The van der Waals surface area contributed by atoms with Gasteiger partial charge in [0, 0.05) is 6.07 Å². The number of amides is 3. The van der Waals surface area contributed by atoms with Crippen LogP contribution in [0.4, 0.5) is 19.3 Å². The second kappa shape index (κ2) is 5.35. The van der Waals surface area contributed by atoms with Gasteiger partial charge in [0.15, 0.2) is 0 Å². The van der Waals surface area contributed by atoms with E-state index in [9.17, 15) is 23.2 Å². The van der Waals surface area contributed by atoms with Crippen LogP contribution in [0.25, 0.3) is 0 Å². The number of imide groups is 1. The van der Waals surface area contributed by atoms with Crippen molar-refractivity contribution >= 4 is 34.5 Å². The van der Waals surface area contributed by atoms with Crippen molar-refractivity contribution in [2.75, 3.05) is 17.6 Å². The molecule has 1 fully saturated rings. The van der Waals surface area contributed by atoms with E-state index in [0.717, 1.165) is 28.8 Å². The second-order valence-corrected chi connectivity index (χ2v) is 4.63. The molecule has 0 bridgehead atoms. The van der Waals surface area contributed by atoms with E-state index < -0.39 is 35.2 Å². The Hall–Kier alpha value is -1.96. The molecule has 1 saturated heterocycles. The first-order valence-electron chi connectivity index (χ1n) is 5.19. The second-order valence-electron chi connectivity index (χ2n) is 3.71. The largest absolute Gasteiger partial charge is 0.322 e. The lowest BCUT2D eigenvalue weighted by molar-refractivity contribution is -0.128. The lowest BCUT2D eigenvalue weighted by Crippen LogP contribution is -2.36. The molecule has 0 aromatic heterocycles. The molecule has 0 aliphatic carbocycles. The van der Waals surface area contributed by atoms with Crippen LogP contribution < -0.4 is 5.32 Å². The maximum Gasteiger partial charge on any atom is 0.289 e. The van der Waals surface area contributed by atoms with Crippen LogP contribution in [0.3, 0.4) is 0 Å². The van der Waals surface area contributed by atoms with Gasteiger partial charge in [-0.15, -0.1) is 0 Å². The highest BCUT2D eigenvalue weighted by Gasteiger charge is 2.31. The molecule has 1 aliphatic heterocycles. The van der Waals surface area contributed by atoms with Gasteiger partial charge in [0.05, 0.1) is 11.4 Å². The molecule has 2 rings (SSSR count). The van der Waals surface area contributed by atoms with Gasteiger partial charge >= 0.3 is 0 Å². The highest BCUT2D eigenvalue weighted by molar-refractivity contribution is 8.14. The third-order valence-electron chi connectivity index (χ3n) is 2.35. The first-order chi connectivity index (χ1) is 8.97. The number of halogens is 2. The van der Waals surface area contributed by atoms with Crippen molar-refractivity contribution < 1.29 is 23.2 Å². The molecule has 0 spiro atoms. The number of nitrogens with one attached hydrogen (secondary N) is 1. The summed E-state index contributed by atoms with van der Waals surface area (Å²) in [6.07, 6.45) is 0. The van der Waals surface area contributed by atoms with Crippen molar-refractivity contribution in [1.82, 2.24) is 4.90 Å². The van der Waals surface area contributed by atoms with Gasteiger partial charge in [-0.1, -0.05) is 11.8 Å². The number of hydrogen-bond donors (Lipinski definition) is 1. The van der Waals surface area contributed by atoms with Crippen molar-refractivity contribution in [1.29, 1.82) is 0 Å². The molecule has 0 saturated carbocycles. The van der Waals surface area contributed by atoms with Gasteiger partial charge in [0.1, 0.15) is 18.2 Å². The van der Waals surface area contributed by atoms with Gasteiger partial charge in [-0.2, -0.15) is 0 Å². The predicted molar refractivity (Wildman–Crippen MR) is 64.6 cm³/mol. The fourth-order valence-electron chi connectivity index (χ4n) is 1.46. The zero-order chi connectivity index (χ0) is 14.0. The molecule has 0 atom stereocenters. The Bertz CT molecular complexity index is 549. The minimum atomic E-state index is -0.929. The average molecular weight is 286 g/mol. The Labute approximate surface area is 110 Å². The molecule has 19 heavy (non-hydrogen) atoms. The molecule has 5 nitrogen and oxygen atoms in total. The van der Waals surface area contributed by atoms with E-state index in [1.165, 1.54) is 0 Å². The maximum absolute atomic E-state index is 13.3. The van der Waals surface area contributed by atoms with Gasteiger partial charge in [-0.3, -0.25) is 19.3 Å². The first-order valence-corrected chi connectivity index (χ1v) is 6.18. The fraction of sp³-hybridized carbons (Fsp3) is 0.182. The van der Waals surface area contributed by atoms with Gasteiger partial charge in [0.25, 0.3) is 5.24 Å². The van der Waals surface area contributed by atoms with Crippen molar-refractivity contribution in [2.45, 2.75) is 0 Å². The molecular weight excluding hydrogens is 278 g/mol. The van der Waals surface area contributed by atoms with E-state index in [-0.39, 0.29) is 11.4 Å². The van der Waals surface area contributed by atoms with E-state index in [2.05, 4.69) is 5.32 Å². The molecular formula is C11H8F2N2O3S. The van der Waals surface area contributed by atoms with E-state index in [0.29, 0.717) is 6.07 Å². The van der Waals surface area contributed by atoms with Crippen molar-refractivity contribution in [2.24, 2.45) is 0 Å². The summed E-state index contributed by atoms with van der Waals surface area (Å²) < 4.78 is 25.9. The molecule has 1 aliphatic rings. The van der Waals surface area contributed by atoms with E-state index in [1.54, 1.807) is 0 Å². The van der Waals surface area contributed by atoms with Gasteiger partial charge in [-0.25, -0.2) is 8.78 Å². The highest BCUT2D eigenvalue weighted by Crippen LogP contribution is 2.19. The van der Waals surface area contributed by atoms with E-state index >= 15 is 0 Å². The summed E-state index contributed by atoms with van der Waals surface area (Å²) in [6.45, 7) is -0.485. The normalized spacial score (nSPS) is 14.9. The van der Waals surface area contributed by atoms with E-state index in [4.69, 9.17) is 0 Å². The van der Waals surface area contributed by atoms with Gasteiger partial charge in [-0.05, 0) is 12.1 Å².